The van der Waals surface area contributed by atoms with E-state index in [9.17, 15) is 4.79 Å². The summed E-state index contributed by atoms with van der Waals surface area (Å²) in [7, 11) is 0. The Kier molecular flexibility index (Phi) is 3.40. The number of carbonyl (C=O) groups excluding carboxylic acids is 1. The fourth-order valence-electron chi connectivity index (χ4n) is 1.72. The first-order chi connectivity index (χ1) is 9.13. The van der Waals surface area contributed by atoms with Gasteiger partial charge in [0.15, 0.2) is 0 Å². The summed E-state index contributed by atoms with van der Waals surface area (Å²) < 4.78 is 6.32. The Labute approximate surface area is 122 Å². The average molecular weight is 342 g/mol. The molecule has 1 aliphatic carbocycles. The van der Waals surface area contributed by atoms with E-state index in [4.69, 9.17) is 4.42 Å². The Morgan fingerprint density at radius 1 is 1.58 bits per heavy atom. The molecule has 0 saturated heterocycles. The Bertz CT molecular complexity index is 618. The highest BCUT2D eigenvalue weighted by Gasteiger charge is 2.29. The number of hydrogen-bond acceptors (Lipinski definition) is 5. The second kappa shape index (κ2) is 5.05. The Balaban J connectivity index is 1.61. The summed E-state index contributed by atoms with van der Waals surface area (Å²) in [6, 6.07) is 1.85. The molecule has 1 saturated carbocycles. The van der Waals surface area contributed by atoms with Crippen molar-refractivity contribution < 1.29 is 9.21 Å². The number of amides is 1. The number of rotatable bonds is 4. The number of hydrogen-bond donors (Lipinski definition) is 1. The van der Waals surface area contributed by atoms with Crippen LogP contribution in [0.5, 0.6) is 0 Å². The highest BCUT2D eigenvalue weighted by Crippen LogP contribution is 2.38. The topological polar surface area (TPSA) is 68.0 Å². The molecule has 1 N–H and O–H groups in total. The van der Waals surface area contributed by atoms with Gasteiger partial charge in [-0.3, -0.25) is 4.79 Å². The summed E-state index contributed by atoms with van der Waals surface area (Å²) in [6.45, 7) is 2.23. The van der Waals surface area contributed by atoms with E-state index in [0.29, 0.717) is 23.3 Å². The molecule has 1 fully saturated rings. The van der Waals surface area contributed by atoms with Gasteiger partial charge in [-0.1, -0.05) is 0 Å². The third-order valence-corrected chi connectivity index (χ3v) is 4.62. The molecule has 1 amide bonds. The van der Waals surface area contributed by atoms with Gasteiger partial charge in [-0.15, -0.1) is 21.5 Å². The van der Waals surface area contributed by atoms with Crippen LogP contribution in [-0.4, -0.2) is 16.1 Å². The standard InChI is InChI=1S/C12H12BrN3O2S/c1-6-4-8(10(13)19-6)11(17)14-5-9-15-16-12(18-9)7-2-3-7/h4,7H,2-3,5H2,1H3,(H,14,17). The second-order valence-corrected chi connectivity index (χ2v) is 7.11. The Hall–Kier alpha value is -1.21. The summed E-state index contributed by atoms with van der Waals surface area (Å²) in [5, 5.41) is 10.7. The molecule has 5 nitrogen and oxygen atoms in total. The maximum Gasteiger partial charge on any atom is 0.253 e. The van der Waals surface area contributed by atoms with Gasteiger partial charge < -0.3 is 9.73 Å². The minimum Gasteiger partial charge on any atom is -0.423 e. The first-order valence-corrected chi connectivity index (χ1v) is 7.61. The molecule has 3 rings (SSSR count). The Morgan fingerprint density at radius 3 is 3.00 bits per heavy atom. The lowest BCUT2D eigenvalue weighted by molar-refractivity contribution is 0.0947. The van der Waals surface area contributed by atoms with E-state index in [0.717, 1.165) is 21.5 Å². The molecule has 0 spiro atoms. The molecule has 0 radical (unpaired) electrons. The number of aryl methyl sites for hydroxylation is 1. The molecule has 7 heteroatoms. The van der Waals surface area contributed by atoms with E-state index >= 15 is 0 Å². The van der Waals surface area contributed by atoms with E-state index in [1.165, 1.54) is 11.3 Å². The van der Waals surface area contributed by atoms with Crippen LogP contribution in [0.3, 0.4) is 0 Å². The van der Waals surface area contributed by atoms with E-state index in [2.05, 4.69) is 31.4 Å². The molecule has 19 heavy (non-hydrogen) atoms. The van der Waals surface area contributed by atoms with Crippen LogP contribution in [0.15, 0.2) is 14.3 Å². The van der Waals surface area contributed by atoms with Crippen LogP contribution in [0, 0.1) is 6.92 Å². The fraction of sp³-hybridized carbons (Fsp3) is 0.417. The molecule has 0 atom stereocenters. The summed E-state index contributed by atoms with van der Waals surface area (Å²) >= 11 is 4.92. The fourth-order valence-corrected chi connectivity index (χ4v) is 3.51. The monoisotopic (exact) mass is 341 g/mol. The lowest BCUT2D eigenvalue weighted by atomic mass is 10.3. The molecule has 2 aromatic heterocycles. The maximum atomic E-state index is 12.0. The van der Waals surface area contributed by atoms with Gasteiger partial charge in [0.1, 0.15) is 0 Å². The zero-order chi connectivity index (χ0) is 13.4. The molecule has 2 heterocycles. The van der Waals surface area contributed by atoms with Crippen molar-refractivity contribution in [2.45, 2.75) is 32.2 Å². The van der Waals surface area contributed by atoms with Crippen LogP contribution in [0.4, 0.5) is 0 Å². The molecular formula is C12H12BrN3O2S. The van der Waals surface area contributed by atoms with Crippen molar-refractivity contribution in [2.24, 2.45) is 0 Å². The van der Waals surface area contributed by atoms with Gasteiger partial charge in [0, 0.05) is 10.8 Å². The van der Waals surface area contributed by atoms with Gasteiger partial charge >= 0.3 is 0 Å². The van der Waals surface area contributed by atoms with Crippen molar-refractivity contribution >= 4 is 33.2 Å². The van der Waals surface area contributed by atoms with Gasteiger partial charge in [0.2, 0.25) is 11.8 Å². The highest BCUT2D eigenvalue weighted by molar-refractivity contribution is 9.11. The van der Waals surface area contributed by atoms with Gasteiger partial charge in [0.05, 0.1) is 15.9 Å². The van der Waals surface area contributed by atoms with Crippen molar-refractivity contribution in [3.63, 3.8) is 0 Å². The summed E-state index contributed by atoms with van der Waals surface area (Å²) in [5.41, 5.74) is 0.643. The van der Waals surface area contributed by atoms with Gasteiger partial charge in [-0.25, -0.2) is 0 Å². The largest absolute Gasteiger partial charge is 0.423 e. The smallest absolute Gasteiger partial charge is 0.253 e. The third kappa shape index (κ3) is 2.87. The number of nitrogens with zero attached hydrogens (tertiary/aromatic N) is 2. The number of carbonyl (C=O) groups is 1. The molecule has 0 aromatic carbocycles. The van der Waals surface area contributed by atoms with Crippen molar-refractivity contribution in [1.82, 2.24) is 15.5 Å². The third-order valence-electron chi connectivity index (χ3n) is 2.86. The molecule has 0 bridgehead atoms. The first kappa shape index (κ1) is 12.8. The van der Waals surface area contributed by atoms with E-state index in [-0.39, 0.29) is 12.5 Å². The van der Waals surface area contributed by atoms with Crippen molar-refractivity contribution in [3.05, 3.63) is 32.1 Å². The van der Waals surface area contributed by atoms with Gasteiger partial charge in [0.25, 0.3) is 5.91 Å². The minimum absolute atomic E-state index is 0.137. The zero-order valence-corrected chi connectivity index (χ0v) is 12.7. The van der Waals surface area contributed by atoms with Crippen molar-refractivity contribution in [3.8, 4) is 0 Å². The van der Waals surface area contributed by atoms with E-state index < -0.39 is 0 Å². The summed E-state index contributed by atoms with van der Waals surface area (Å²) in [5.74, 6) is 1.45. The number of nitrogens with one attached hydrogen (secondary N) is 1. The van der Waals surface area contributed by atoms with Crippen molar-refractivity contribution in [1.29, 1.82) is 0 Å². The molecule has 0 aliphatic heterocycles. The van der Waals surface area contributed by atoms with Crippen molar-refractivity contribution in [2.75, 3.05) is 0 Å². The molecule has 100 valence electrons. The molecule has 0 unspecified atom stereocenters. The maximum absolute atomic E-state index is 12.0. The van der Waals surface area contributed by atoms with Crippen LogP contribution in [-0.2, 0) is 6.54 Å². The van der Waals surface area contributed by atoms with Crippen LogP contribution in [0.1, 0.15) is 45.8 Å². The number of halogens is 1. The first-order valence-electron chi connectivity index (χ1n) is 6.00. The van der Waals surface area contributed by atoms with E-state index in [1.807, 2.05) is 13.0 Å². The van der Waals surface area contributed by atoms with Crippen LogP contribution < -0.4 is 5.32 Å². The molecular weight excluding hydrogens is 330 g/mol. The highest BCUT2D eigenvalue weighted by atomic mass is 79.9. The number of aromatic nitrogens is 2. The quantitative estimate of drug-likeness (QED) is 0.927. The predicted molar refractivity (Wildman–Crippen MR) is 74.2 cm³/mol. The zero-order valence-electron chi connectivity index (χ0n) is 10.3. The summed E-state index contributed by atoms with van der Waals surface area (Å²) in [4.78, 5) is 13.1. The van der Waals surface area contributed by atoms with E-state index in [1.54, 1.807) is 0 Å². The van der Waals surface area contributed by atoms with Gasteiger partial charge in [-0.05, 0) is 41.8 Å². The average Bonchev–Trinajstić information content (AvgIpc) is 3.02. The Morgan fingerprint density at radius 2 is 2.37 bits per heavy atom. The number of thiophene rings is 1. The predicted octanol–water partition coefficient (Wildman–Crippen LogP) is 3.01. The van der Waals surface area contributed by atoms with Crippen LogP contribution in [0.25, 0.3) is 0 Å². The van der Waals surface area contributed by atoms with Crippen LogP contribution in [0.2, 0.25) is 0 Å². The van der Waals surface area contributed by atoms with Crippen LogP contribution >= 0.6 is 27.3 Å². The molecule has 2 aromatic rings. The SMILES string of the molecule is Cc1cc(C(=O)NCc2nnc(C3CC3)o2)c(Br)s1. The lowest BCUT2D eigenvalue weighted by Crippen LogP contribution is -2.22. The summed E-state index contributed by atoms with van der Waals surface area (Å²) in [6.07, 6.45) is 2.24. The molecule has 1 aliphatic rings. The second-order valence-electron chi connectivity index (χ2n) is 4.54. The minimum atomic E-state index is -0.137. The lowest BCUT2D eigenvalue weighted by Gasteiger charge is -2.00. The van der Waals surface area contributed by atoms with Gasteiger partial charge in [-0.2, -0.15) is 0 Å². The normalized spacial score (nSPS) is 14.6.